The summed E-state index contributed by atoms with van der Waals surface area (Å²) in [6.07, 6.45) is 5.52. The van der Waals surface area contributed by atoms with Crippen molar-refractivity contribution in [3.05, 3.63) is 12.7 Å². The molecule has 0 saturated heterocycles. The fourth-order valence-corrected chi connectivity index (χ4v) is 1.06. The lowest BCUT2D eigenvalue weighted by Crippen LogP contribution is -2.06. The largest absolute Gasteiger partial charge is 0.396 e. The fourth-order valence-electron chi connectivity index (χ4n) is 1.06. The third-order valence-corrected chi connectivity index (χ3v) is 1.81. The van der Waals surface area contributed by atoms with E-state index in [1.807, 2.05) is 6.08 Å². The Morgan fingerprint density at radius 2 is 2.00 bits per heavy atom. The van der Waals surface area contributed by atoms with Gasteiger partial charge >= 0.3 is 0 Å². The van der Waals surface area contributed by atoms with Crippen molar-refractivity contribution >= 4 is 0 Å². The summed E-state index contributed by atoms with van der Waals surface area (Å²) in [5.41, 5.74) is 0. The van der Waals surface area contributed by atoms with Gasteiger partial charge in [0.15, 0.2) is 0 Å². The molecule has 0 aliphatic rings. The second kappa shape index (κ2) is 7.76. The van der Waals surface area contributed by atoms with Crippen LogP contribution in [0.25, 0.3) is 0 Å². The monoisotopic (exact) mass is 158 g/mol. The molecule has 66 valence electrons. The van der Waals surface area contributed by atoms with Crippen molar-refractivity contribution in [2.45, 2.75) is 25.7 Å². The van der Waals surface area contributed by atoms with Crippen LogP contribution in [0.4, 0.5) is 0 Å². The van der Waals surface area contributed by atoms with E-state index in [9.17, 15) is 0 Å². The first-order valence-electron chi connectivity index (χ1n) is 4.17. The van der Waals surface area contributed by atoms with Crippen molar-refractivity contribution in [3.63, 3.8) is 0 Å². The highest BCUT2D eigenvalue weighted by atomic mass is 16.3. The second-order valence-electron chi connectivity index (χ2n) is 2.78. The number of hydrogen-bond acceptors (Lipinski definition) is 2. The van der Waals surface area contributed by atoms with Gasteiger partial charge in [-0.05, 0) is 31.6 Å². The zero-order valence-electron chi connectivity index (χ0n) is 7.00. The zero-order chi connectivity index (χ0) is 8.53. The minimum Gasteiger partial charge on any atom is -0.396 e. The van der Waals surface area contributed by atoms with Gasteiger partial charge in [-0.3, -0.25) is 0 Å². The predicted octanol–water partition coefficient (Wildman–Crippen LogP) is 1.33. The summed E-state index contributed by atoms with van der Waals surface area (Å²) < 4.78 is 0. The average molecular weight is 158 g/mol. The Labute approximate surface area is 68.6 Å². The molecule has 0 heterocycles. The standard InChI is InChI=1S/C9H18O2/c1-2-3-5-9(8-11)6-4-7-10/h2,9-11H,1,3-8H2/t9-/m0/s1. The van der Waals surface area contributed by atoms with Gasteiger partial charge in [0.25, 0.3) is 0 Å². The van der Waals surface area contributed by atoms with Gasteiger partial charge in [-0.25, -0.2) is 0 Å². The minimum atomic E-state index is 0.227. The predicted molar refractivity (Wildman–Crippen MR) is 46.3 cm³/mol. The Kier molecular flexibility index (Phi) is 7.52. The average Bonchev–Trinajstić information content (AvgIpc) is 2.05. The molecule has 0 saturated carbocycles. The van der Waals surface area contributed by atoms with Crippen LogP contribution in [0.15, 0.2) is 12.7 Å². The van der Waals surface area contributed by atoms with Gasteiger partial charge in [0.2, 0.25) is 0 Å². The van der Waals surface area contributed by atoms with Crippen LogP contribution in [0.2, 0.25) is 0 Å². The number of hydrogen-bond donors (Lipinski definition) is 2. The summed E-state index contributed by atoms with van der Waals surface area (Å²) >= 11 is 0. The van der Waals surface area contributed by atoms with E-state index in [2.05, 4.69) is 6.58 Å². The topological polar surface area (TPSA) is 40.5 Å². The molecule has 0 aromatic carbocycles. The van der Waals surface area contributed by atoms with Crippen LogP contribution in [0, 0.1) is 5.92 Å². The van der Waals surface area contributed by atoms with Gasteiger partial charge in [-0.1, -0.05) is 6.08 Å². The summed E-state index contributed by atoms with van der Waals surface area (Å²) in [6.45, 7) is 4.07. The first-order valence-corrected chi connectivity index (χ1v) is 4.17. The first kappa shape index (κ1) is 10.7. The molecule has 0 bridgehead atoms. The van der Waals surface area contributed by atoms with Gasteiger partial charge < -0.3 is 10.2 Å². The molecule has 0 unspecified atom stereocenters. The molecule has 0 aromatic heterocycles. The van der Waals surface area contributed by atoms with Crippen LogP contribution in [0.3, 0.4) is 0 Å². The molecule has 0 spiro atoms. The minimum absolute atomic E-state index is 0.227. The maximum Gasteiger partial charge on any atom is 0.0459 e. The van der Waals surface area contributed by atoms with Gasteiger partial charge in [0, 0.05) is 13.2 Å². The Hall–Kier alpha value is -0.340. The normalized spacial score (nSPS) is 12.9. The molecule has 2 N–H and O–H groups in total. The van der Waals surface area contributed by atoms with E-state index in [4.69, 9.17) is 10.2 Å². The maximum absolute atomic E-state index is 8.86. The van der Waals surface area contributed by atoms with Gasteiger partial charge in [0.1, 0.15) is 0 Å². The van der Waals surface area contributed by atoms with Crippen molar-refractivity contribution in [3.8, 4) is 0 Å². The molecule has 2 heteroatoms. The van der Waals surface area contributed by atoms with E-state index < -0.39 is 0 Å². The SMILES string of the molecule is C=CCC[C@H](CO)CCCO. The van der Waals surface area contributed by atoms with Crippen LogP contribution in [-0.4, -0.2) is 23.4 Å². The lowest BCUT2D eigenvalue weighted by Gasteiger charge is -2.10. The second-order valence-corrected chi connectivity index (χ2v) is 2.78. The summed E-state index contributed by atoms with van der Waals surface area (Å²) in [5, 5.41) is 17.4. The van der Waals surface area contributed by atoms with E-state index in [0.717, 1.165) is 25.7 Å². The van der Waals surface area contributed by atoms with Crippen molar-refractivity contribution in [1.82, 2.24) is 0 Å². The fraction of sp³-hybridized carbons (Fsp3) is 0.778. The Morgan fingerprint density at radius 3 is 2.45 bits per heavy atom. The third kappa shape index (κ3) is 6.07. The molecule has 11 heavy (non-hydrogen) atoms. The van der Waals surface area contributed by atoms with Crippen LogP contribution in [-0.2, 0) is 0 Å². The third-order valence-electron chi connectivity index (χ3n) is 1.81. The lowest BCUT2D eigenvalue weighted by molar-refractivity contribution is 0.195. The molecule has 0 amide bonds. The van der Waals surface area contributed by atoms with Crippen LogP contribution >= 0.6 is 0 Å². The van der Waals surface area contributed by atoms with Gasteiger partial charge in [-0.15, -0.1) is 6.58 Å². The number of aliphatic hydroxyl groups excluding tert-OH is 2. The quantitative estimate of drug-likeness (QED) is 0.549. The highest BCUT2D eigenvalue weighted by Crippen LogP contribution is 2.12. The van der Waals surface area contributed by atoms with Gasteiger partial charge in [0.05, 0.1) is 0 Å². The van der Waals surface area contributed by atoms with E-state index in [1.165, 1.54) is 0 Å². The molecular weight excluding hydrogens is 140 g/mol. The summed E-state index contributed by atoms with van der Waals surface area (Å²) in [6, 6.07) is 0. The van der Waals surface area contributed by atoms with Crippen LogP contribution < -0.4 is 0 Å². The van der Waals surface area contributed by atoms with E-state index >= 15 is 0 Å². The van der Waals surface area contributed by atoms with E-state index in [-0.39, 0.29) is 13.2 Å². The molecular formula is C9H18O2. The molecule has 0 aliphatic carbocycles. The molecule has 0 aliphatic heterocycles. The molecule has 0 radical (unpaired) electrons. The van der Waals surface area contributed by atoms with Crippen molar-refractivity contribution < 1.29 is 10.2 Å². The smallest absolute Gasteiger partial charge is 0.0459 e. The van der Waals surface area contributed by atoms with Crippen LogP contribution in [0.5, 0.6) is 0 Å². The summed E-state index contributed by atoms with van der Waals surface area (Å²) in [7, 11) is 0. The van der Waals surface area contributed by atoms with Crippen molar-refractivity contribution in [2.75, 3.05) is 13.2 Å². The number of aliphatic hydroxyl groups is 2. The first-order chi connectivity index (χ1) is 5.35. The number of rotatable bonds is 7. The highest BCUT2D eigenvalue weighted by molar-refractivity contribution is 4.69. The molecule has 1 atom stereocenters. The maximum atomic E-state index is 8.86. The number of allylic oxidation sites excluding steroid dienone is 1. The molecule has 0 rings (SSSR count). The summed E-state index contributed by atoms with van der Waals surface area (Å²) in [5.74, 6) is 0.347. The molecule has 0 aromatic rings. The van der Waals surface area contributed by atoms with Crippen molar-refractivity contribution in [2.24, 2.45) is 5.92 Å². The Morgan fingerprint density at radius 1 is 1.27 bits per heavy atom. The lowest BCUT2D eigenvalue weighted by atomic mass is 9.99. The molecule has 0 fully saturated rings. The van der Waals surface area contributed by atoms with Crippen molar-refractivity contribution in [1.29, 1.82) is 0 Å². The van der Waals surface area contributed by atoms with Gasteiger partial charge in [-0.2, -0.15) is 0 Å². The Balaban J connectivity index is 3.32. The molecule has 2 nitrogen and oxygen atoms in total. The Bertz CT molecular complexity index is 91.6. The van der Waals surface area contributed by atoms with E-state index in [1.54, 1.807) is 0 Å². The highest BCUT2D eigenvalue weighted by Gasteiger charge is 2.04. The zero-order valence-corrected chi connectivity index (χ0v) is 7.00. The van der Waals surface area contributed by atoms with Crippen LogP contribution in [0.1, 0.15) is 25.7 Å². The van der Waals surface area contributed by atoms with E-state index in [0.29, 0.717) is 5.92 Å². The summed E-state index contributed by atoms with van der Waals surface area (Å²) in [4.78, 5) is 0.